The van der Waals surface area contributed by atoms with Crippen LogP contribution in [-0.2, 0) is 38.9 Å². The number of amides is 1. The highest BCUT2D eigenvalue weighted by atomic mass is 35.5. The first-order valence-corrected chi connectivity index (χ1v) is 21.3. The van der Waals surface area contributed by atoms with Crippen LogP contribution in [0.2, 0.25) is 5.02 Å². The van der Waals surface area contributed by atoms with Gasteiger partial charge in [-0.2, -0.15) is 39.5 Å². The molecule has 4 aromatic carbocycles. The van der Waals surface area contributed by atoms with Crippen LogP contribution in [0.3, 0.4) is 0 Å². The van der Waals surface area contributed by atoms with Gasteiger partial charge >= 0.3 is 24.5 Å². The molecule has 2 N–H and O–H groups in total. The summed E-state index contributed by atoms with van der Waals surface area (Å²) >= 11 is 5.76. The summed E-state index contributed by atoms with van der Waals surface area (Å²) in [6, 6.07) is 21.3. The molecule has 0 aromatic heterocycles. The van der Waals surface area contributed by atoms with Crippen molar-refractivity contribution in [3.8, 4) is 11.5 Å². The Morgan fingerprint density at radius 1 is 0.625 bits per heavy atom. The molecule has 0 radical (unpaired) electrons. The second kappa shape index (κ2) is 20.1. The van der Waals surface area contributed by atoms with E-state index in [0.717, 1.165) is 87.2 Å². The molecule has 17 heteroatoms. The Hall–Kier alpha value is -4.96. The van der Waals surface area contributed by atoms with Crippen LogP contribution < -0.4 is 14.8 Å². The van der Waals surface area contributed by atoms with Gasteiger partial charge in [0.15, 0.2) is 0 Å². The first kappa shape index (κ1) is 48.5. The largest absolute Gasteiger partial charge is 0.493 e. The molecule has 4 aromatic rings. The number of aliphatic carboxylic acids is 1. The van der Waals surface area contributed by atoms with Crippen molar-refractivity contribution >= 4 is 23.5 Å². The number of rotatable bonds is 10. The van der Waals surface area contributed by atoms with Gasteiger partial charge in [-0.05, 0) is 129 Å². The van der Waals surface area contributed by atoms with Gasteiger partial charge in [-0.1, -0.05) is 48.7 Å². The zero-order valence-corrected chi connectivity index (χ0v) is 35.4. The number of carboxylic acid groups (broad SMARTS) is 1. The zero-order chi connectivity index (χ0) is 46.3. The van der Waals surface area contributed by atoms with Crippen LogP contribution in [0.25, 0.3) is 0 Å². The van der Waals surface area contributed by atoms with Crippen molar-refractivity contribution in [2.24, 2.45) is 11.8 Å². The number of likely N-dealkylation sites (tertiary alicyclic amines) is 1. The number of hydrogen-bond donors (Lipinski definition) is 2. The molecule has 2 aliphatic carbocycles. The molecular weight excluding hydrogens is 879 g/mol. The summed E-state index contributed by atoms with van der Waals surface area (Å²) in [7, 11) is 0. The number of carbonyl (C=O) groups excluding carboxylic acids is 1. The number of alkyl halides is 9. The molecule has 0 unspecified atom stereocenters. The van der Waals surface area contributed by atoms with Gasteiger partial charge in [0.2, 0.25) is 5.91 Å². The summed E-state index contributed by atoms with van der Waals surface area (Å²) < 4.78 is 125. The molecule has 0 spiro atoms. The Labute approximate surface area is 369 Å². The van der Waals surface area contributed by atoms with Gasteiger partial charge in [-0.25, -0.2) is 0 Å². The summed E-state index contributed by atoms with van der Waals surface area (Å²) in [6.07, 6.45) is -6.87. The van der Waals surface area contributed by atoms with E-state index in [0.29, 0.717) is 67.0 Å². The molecule has 4 aliphatic rings. The number of halogens is 10. The van der Waals surface area contributed by atoms with Crippen molar-refractivity contribution in [2.45, 2.75) is 80.7 Å². The third-order valence-corrected chi connectivity index (χ3v) is 12.7. The first-order chi connectivity index (χ1) is 30.2. The number of ether oxygens (including phenoxy) is 2. The molecule has 7 nitrogen and oxygen atoms in total. The van der Waals surface area contributed by atoms with Crippen LogP contribution >= 0.6 is 11.6 Å². The van der Waals surface area contributed by atoms with Gasteiger partial charge < -0.3 is 24.8 Å². The molecule has 2 saturated carbocycles. The highest BCUT2D eigenvalue weighted by molar-refractivity contribution is 6.30. The summed E-state index contributed by atoms with van der Waals surface area (Å²) in [4.78, 5) is 26.2. The second-order valence-electron chi connectivity index (χ2n) is 16.7. The number of benzene rings is 4. The topological polar surface area (TPSA) is 88.1 Å². The summed E-state index contributed by atoms with van der Waals surface area (Å²) in [5, 5.41) is 13.0. The fourth-order valence-corrected chi connectivity index (χ4v) is 8.41. The van der Waals surface area contributed by atoms with E-state index in [1.165, 1.54) is 36.4 Å². The maximum Gasteiger partial charge on any atom is 0.416 e. The van der Waals surface area contributed by atoms with Gasteiger partial charge in [-0.15, -0.1) is 0 Å². The van der Waals surface area contributed by atoms with Crippen LogP contribution in [0.1, 0.15) is 79.2 Å². The zero-order valence-electron chi connectivity index (χ0n) is 34.6. The quantitative estimate of drug-likeness (QED) is 0.154. The maximum absolute atomic E-state index is 13.3. The lowest BCUT2D eigenvalue weighted by Gasteiger charge is -2.43. The van der Waals surface area contributed by atoms with E-state index in [-0.39, 0.29) is 18.4 Å². The Balaban J connectivity index is 0.000000182. The van der Waals surface area contributed by atoms with E-state index in [1.54, 1.807) is 17.0 Å². The van der Waals surface area contributed by atoms with Crippen LogP contribution in [0.5, 0.6) is 11.5 Å². The van der Waals surface area contributed by atoms with Gasteiger partial charge in [0.05, 0.1) is 40.7 Å². The summed E-state index contributed by atoms with van der Waals surface area (Å²) in [5.41, 5.74) is -2.07. The number of hydrogen-bond acceptors (Lipinski definition) is 5. The molecule has 2 atom stereocenters. The smallest absolute Gasteiger partial charge is 0.416 e. The molecule has 346 valence electrons. The van der Waals surface area contributed by atoms with E-state index in [1.807, 2.05) is 12.1 Å². The molecule has 2 aliphatic heterocycles. The van der Waals surface area contributed by atoms with Crippen molar-refractivity contribution in [1.82, 2.24) is 10.2 Å². The highest BCUT2D eigenvalue weighted by Crippen LogP contribution is 2.47. The Bertz CT molecular complexity index is 2150. The minimum absolute atomic E-state index is 0.0287. The van der Waals surface area contributed by atoms with Crippen molar-refractivity contribution in [2.75, 3.05) is 39.4 Å². The average Bonchev–Trinajstić information content (AvgIpc) is 3.92. The second-order valence-corrected chi connectivity index (χ2v) is 17.1. The fraction of sp³-hybridized carbons (Fsp3) is 0.447. The highest BCUT2D eigenvalue weighted by Gasteiger charge is 2.49. The van der Waals surface area contributed by atoms with E-state index in [4.69, 9.17) is 21.1 Å². The van der Waals surface area contributed by atoms with Crippen LogP contribution in [0.4, 0.5) is 39.5 Å². The predicted octanol–water partition coefficient (Wildman–Crippen LogP) is 11.6. The third kappa shape index (κ3) is 11.8. The first-order valence-electron chi connectivity index (χ1n) is 21.0. The fourth-order valence-electron chi connectivity index (χ4n) is 8.28. The summed E-state index contributed by atoms with van der Waals surface area (Å²) in [5.74, 6) is 0.507. The van der Waals surface area contributed by atoms with Crippen molar-refractivity contribution in [3.05, 3.63) is 130 Å². The van der Waals surface area contributed by atoms with Gasteiger partial charge in [0.1, 0.15) is 11.5 Å². The van der Waals surface area contributed by atoms with Crippen molar-refractivity contribution < 1.29 is 63.7 Å². The number of nitrogens with one attached hydrogen (secondary N) is 1. The third-order valence-electron chi connectivity index (χ3n) is 12.5. The lowest BCUT2D eigenvalue weighted by atomic mass is 9.63. The Morgan fingerprint density at radius 3 is 1.44 bits per heavy atom. The number of nitrogens with zero attached hydrogens (tertiary/aromatic N) is 1. The predicted molar refractivity (Wildman–Crippen MR) is 221 cm³/mol. The molecular formula is C47H48ClF9N2O5. The van der Waals surface area contributed by atoms with Crippen LogP contribution in [-0.4, -0.2) is 61.3 Å². The van der Waals surface area contributed by atoms with E-state index in [9.17, 15) is 54.2 Å². The number of carboxylic acids is 1. The Morgan fingerprint density at radius 2 is 1.05 bits per heavy atom. The molecule has 2 saturated heterocycles. The van der Waals surface area contributed by atoms with Gasteiger partial charge in [0.25, 0.3) is 0 Å². The maximum atomic E-state index is 13.3. The number of carbonyl (C=O) groups is 2. The normalized spacial score (nSPS) is 20.1. The van der Waals surface area contributed by atoms with Crippen LogP contribution in [0.15, 0.2) is 97.1 Å². The van der Waals surface area contributed by atoms with Crippen molar-refractivity contribution in [1.29, 1.82) is 0 Å². The van der Waals surface area contributed by atoms with Gasteiger partial charge in [0, 0.05) is 36.5 Å². The molecule has 2 heterocycles. The van der Waals surface area contributed by atoms with Crippen LogP contribution in [0, 0.1) is 11.8 Å². The average molecular weight is 927 g/mol. The molecule has 1 amide bonds. The van der Waals surface area contributed by atoms with E-state index in [2.05, 4.69) is 5.32 Å². The minimum atomic E-state index is -4.43. The SMILES string of the molecule is FC(F)(F)c1ccc(OC[C@H]2CCNC2)cc1.O=C(N1CC[C@H](COc2ccc(C(F)(F)F)cc2)C1)C1(c2ccc(C(F)(F)F)cc2)CCC1.O=C(O)C1(c2ccc(Cl)cc2)CCC1. The molecule has 4 fully saturated rings. The summed E-state index contributed by atoms with van der Waals surface area (Å²) in [6.45, 7) is 3.69. The standard InChI is InChI=1S/C24H23F6NO2.C12H14F3NO.C11H11ClO2/c25-23(26,27)18-4-2-17(3-5-18)22(11-1-12-22)21(32)31-13-10-16(14-31)15-33-20-8-6-19(7-9-20)24(28,29)30;13-12(14,15)10-1-3-11(4-2-10)17-8-9-5-6-16-7-9;12-9-4-2-8(3-5-9)11(10(13)14)6-1-7-11/h2-9,16H,1,10-15H2;1-4,9,16H,5-8H2;2-5H,1,6-7H2,(H,13,14)/t16-;9-;/m00./s1. The van der Waals surface area contributed by atoms with Gasteiger partial charge in [-0.3, -0.25) is 9.59 Å². The monoisotopic (exact) mass is 926 g/mol. The minimum Gasteiger partial charge on any atom is -0.493 e. The Kier molecular flexibility index (Phi) is 15.2. The van der Waals surface area contributed by atoms with Crippen molar-refractivity contribution in [3.63, 3.8) is 0 Å². The molecule has 64 heavy (non-hydrogen) atoms. The molecule has 8 rings (SSSR count). The van der Waals surface area contributed by atoms with E-state index >= 15 is 0 Å². The lowest BCUT2D eigenvalue weighted by Crippen LogP contribution is -2.50. The van der Waals surface area contributed by atoms with E-state index < -0.39 is 52.0 Å². The molecule has 0 bridgehead atoms. The lowest BCUT2D eigenvalue weighted by molar-refractivity contribution is -0.147.